The molecule has 1 heterocycles. The molecule has 0 radical (unpaired) electrons. The van der Waals surface area contributed by atoms with Crippen LogP contribution in [-0.4, -0.2) is 28.2 Å². The van der Waals surface area contributed by atoms with Gasteiger partial charge in [-0.1, -0.05) is 33.2 Å². The fraction of sp³-hybridized carbons (Fsp3) is 0.231. The lowest BCUT2D eigenvalue weighted by atomic mass is 10.2. The number of benzene rings is 1. The molecule has 0 aliphatic heterocycles. The molecule has 5 nitrogen and oxygen atoms in total. The maximum absolute atomic E-state index is 10.7. The molecular weight excluding hydrogens is 312 g/mol. The van der Waals surface area contributed by atoms with Crippen LogP contribution in [0.3, 0.4) is 0 Å². The van der Waals surface area contributed by atoms with Gasteiger partial charge >= 0.3 is 5.97 Å². The first-order valence-electron chi connectivity index (χ1n) is 5.66. The second-order valence-corrected chi connectivity index (χ2v) is 5.20. The zero-order valence-electron chi connectivity index (χ0n) is 10.3. The molecule has 0 amide bonds. The van der Waals surface area contributed by atoms with E-state index >= 15 is 0 Å². The maximum atomic E-state index is 10.7. The Kier molecular flexibility index (Phi) is 4.34. The van der Waals surface area contributed by atoms with Crippen molar-refractivity contribution in [3.8, 4) is 0 Å². The van der Waals surface area contributed by atoms with E-state index in [9.17, 15) is 4.79 Å². The number of hydrogen-bond donors (Lipinski definition) is 1. The lowest BCUT2D eigenvalue weighted by Gasteiger charge is -2.14. The van der Waals surface area contributed by atoms with E-state index < -0.39 is 5.97 Å². The summed E-state index contributed by atoms with van der Waals surface area (Å²) in [5.41, 5.74) is 1.10. The van der Waals surface area contributed by atoms with Crippen molar-refractivity contribution in [2.45, 2.75) is 13.1 Å². The number of nitrogens with zero attached hydrogens (tertiary/aromatic N) is 2. The average Bonchev–Trinajstić information content (AvgIpc) is 2.77. The number of carboxylic acids is 1. The molecule has 100 valence electrons. The molecule has 0 fully saturated rings. The summed E-state index contributed by atoms with van der Waals surface area (Å²) in [6.07, 6.45) is 0. The fourth-order valence-corrected chi connectivity index (χ4v) is 2.20. The van der Waals surface area contributed by atoms with Crippen LogP contribution in [0.2, 0.25) is 0 Å². The summed E-state index contributed by atoms with van der Waals surface area (Å²) in [5, 5.41) is 12.2. The summed E-state index contributed by atoms with van der Waals surface area (Å²) in [4.78, 5) is 12.7. The van der Waals surface area contributed by atoms with Crippen LogP contribution in [0, 0.1) is 0 Å². The van der Waals surface area contributed by atoms with Crippen LogP contribution in [0.4, 0.5) is 0 Å². The number of rotatable bonds is 5. The summed E-state index contributed by atoms with van der Waals surface area (Å²) in [6, 6.07) is 9.47. The van der Waals surface area contributed by atoms with Crippen molar-refractivity contribution >= 4 is 21.9 Å². The van der Waals surface area contributed by atoms with Crippen molar-refractivity contribution in [3.05, 3.63) is 51.8 Å². The van der Waals surface area contributed by atoms with E-state index in [1.807, 2.05) is 36.2 Å². The molecule has 2 rings (SSSR count). The Morgan fingerprint density at radius 1 is 1.42 bits per heavy atom. The predicted molar refractivity (Wildman–Crippen MR) is 72.8 cm³/mol. The number of carboxylic acid groups (broad SMARTS) is 1. The van der Waals surface area contributed by atoms with Crippen LogP contribution < -0.4 is 0 Å². The standard InChI is InChI=1S/C13H13BrN2O3/c1-16(7-9-3-2-4-10(14)5-9)8-11-6-12(13(17)18)15-19-11/h2-6H,7-8H2,1H3,(H,17,18). The first-order valence-corrected chi connectivity index (χ1v) is 6.46. The van der Waals surface area contributed by atoms with Gasteiger partial charge in [0.05, 0.1) is 6.54 Å². The van der Waals surface area contributed by atoms with E-state index in [1.165, 1.54) is 6.07 Å². The van der Waals surface area contributed by atoms with E-state index in [-0.39, 0.29) is 5.69 Å². The molecule has 0 aliphatic rings. The average molecular weight is 325 g/mol. The van der Waals surface area contributed by atoms with E-state index in [1.54, 1.807) is 0 Å². The largest absolute Gasteiger partial charge is 0.476 e. The SMILES string of the molecule is CN(Cc1cccc(Br)c1)Cc1cc(C(=O)O)no1. The van der Waals surface area contributed by atoms with E-state index in [0.29, 0.717) is 12.3 Å². The van der Waals surface area contributed by atoms with Crippen LogP contribution in [0.25, 0.3) is 0 Å². The third kappa shape index (κ3) is 3.90. The highest BCUT2D eigenvalue weighted by atomic mass is 79.9. The molecule has 0 saturated heterocycles. The minimum Gasteiger partial charge on any atom is -0.476 e. The molecule has 0 aliphatic carbocycles. The molecular formula is C13H13BrN2O3. The summed E-state index contributed by atoms with van der Waals surface area (Å²) < 4.78 is 6.01. The van der Waals surface area contributed by atoms with E-state index in [2.05, 4.69) is 21.1 Å². The second kappa shape index (κ2) is 5.99. The third-order valence-electron chi connectivity index (χ3n) is 2.55. The van der Waals surface area contributed by atoms with Crippen molar-refractivity contribution in [1.29, 1.82) is 0 Å². The highest BCUT2D eigenvalue weighted by molar-refractivity contribution is 9.10. The monoisotopic (exact) mass is 324 g/mol. The van der Waals surface area contributed by atoms with Gasteiger partial charge in [-0.2, -0.15) is 0 Å². The Balaban J connectivity index is 1.97. The normalized spacial score (nSPS) is 10.9. The van der Waals surface area contributed by atoms with Gasteiger partial charge in [-0.3, -0.25) is 4.90 Å². The number of hydrogen-bond acceptors (Lipinski definition) is 4. The molecule has 1 aromatic carbocycles. The molecule has 19 heavy (non-hydrogen) atoms. The molecule has 0 atom stereocenters. The Hall–Kier alpha value is -1.66. The van der Waals surface area contributed by atoms with Gasteiger partial charge < -0.3 is 9.63 Å². The molecule has 0 saturated carbocycles. The van der Waals surface area contributed by atoms with Crippen LogP contribution in [0.1, 0.15) is 21.8 Å². The minimum atomic E-state index is -1.08. The van der Waals surface area contributed by atoms with Gasteiger partial charge in [0, 0.05) is 17.1 Å². The highest BCUT2D eigenvalue weighted by Gasteiger charge is 2.12. The van der Waals surface area contributed by atoms with Crippen molar-refractivity contribution in [3.63, 3.8) is 0 Å². The van der Waals surface area contributed by atoms with Gasteiger partial charge in [0.2, 0.25) is 0 Å². The zero-order chi connectivity index (χ0) is 13.8. The first kappa shape index (κ1) is 13.8. The smallest absolute Gasteiger partial charge is 0.358 e. The topological polar surface area (TPSA) is 66.6 Å². The number of halogens is 1. The van der Waals surface area contributed by atoms with Crippen molar-refractivity contribution in [1.82, 2.24) is 10.1 Å². The van der Waals surface area contributed by atoms with Gasteiger partial charge in [0.25, 0.3) is 0 Å². The lowest BCUT2D eigenvalue weighted by Crippen LogP contribution is -2.16. The van der Waals surface area contributed by atoms with Crippen molar-refractivity contribution < 1.29 is 14.4 Å². The molecule has 0 spiro atoms. The number of aromatic nitrogens is 1. The van der Waals surface area contributed by atoms with Gasteiger partial charge in [0.1, 0.15) is 0 Å². The summed E-state index contributed by atoms with van der Waals surface area (Å²) in [7, 11) is 1.93. The molecule has 1 aromatic heterocycles. The number of carbonyl (C=O) groups is 1. The van der Waals surface area contributed by atoms with Crippen molar-refractivity contribution in [2.75, 3.05) is 7.05 Å². The molecule has 1 N–H and O–H groups in total. The van der Waals surface area contributed by atoms with Gasteiger partial charge in [0.15, 0.2) is 11.5 Å². The Labute approximate surface area is 118 Å². The first-order chi connectivity index (χ1) is 9.04. The van der Waals surface area contributed by atoms with Crippen LogP contribution in [0.15, 0.2) is 39.3 Å². The molecule has 0 unspecified atom stereocenters. The summed E-state index contributed by atoms with van der Waals surface area (Å²) >= 11 is 3.43. The second-order valence-electron chi connectivity index (χ2n) is 4.29. The molecule has 2 aromatic rings. The molecule has 6 heteroatoms. The lowest BCUT2D eigenvalue weighted by molar-refractivity contribution is 0.0685. The predicted octanol–water partition coefficient (Wildman–Crippen LogP) is 2.77. The zero-order valence-corrected chi connectivity index (χ0v) is 11.9. The third-order valence-corrected chi connectivity index (χ3v) is 3.04. The quantitative estimate of drug-likeness (QED) is 0.916. The highest BCUT2D eigenvalue weighted by Crippen LogP contribution is 2.14. The summed E-state index contributed by atoms with van der Waals surface area (Å²) in [6.45, 7) is 1.25. The fourth-order valence-electron chi connectivity index (χ4n) is 1.76. The Morgan fingerprint density at radius 2 is 2.21 bits per heavy atom. The van der Waals surface area contributed by atoms with Gasteiger partial charge in [-0.05, 0) is 24.7 Å². The van der Waals surface area contributed by atoms with Crippen LogP contribution in [-0.2, 0) is 13.1 Å². The number of aromatic carboxylic acids is 1. The van der Waals surface area contributed by atoms with Crippen LogP contribution in [0.5, 0.6) is 0 Å². The summed E-state index contributed by atoms with van der Waals surface area (Å²) in [5.74, 6) is -0.542. The minimum absolute atomic E-state index is 0.0640. The van der Waals surface area contributed by atoms with E-state index in [4.69, 9.17) is 9.63 Å². The Morgan fingerprint density at radius 3 is 2.84 bits per heavy atom. The Bertz CT molecular complexity index is 583. The van der Waals surface area contributed by atoms with E-state index in [0.717, 1.165) is 16.6 Å². The van der Waals surface area contributed by atoms with Crippen LogP contribution >= 0.6 is 15.9 Å². The molecule has 0 bridgehead atoms. The maximum Gasteiger partial charge on any atom is 0.358 e. The van der Waals surface area contributed by atoms with Crippen molar-refractivity contribution in [2.24, 2.45) is 0 Å². The van der Waals surface area contributed by atoms with Gasteiger partial charge in [-0.15, -0.1) is 0 Å². The van der Waals surface area contributed by atoms with Gasteiger partial charge in [-0.25, -0.2) is 4.79 Å².